The summed E-state index contributed by atoms with van der Waals surface area (Å²) in [7, 11) is 0. The molecule has 3 aliphatic rings. The molecule has 1 heterocycles. The van der Waals surface area contributed by atoms with E-state index in [1.807, 2.05) is 0 Å². The largest absolute Gasteiger partial charge is 0.393 e. The number of rotatable bonds is 2. The second kappa shape index (κ2) is 5.73. The molecule has 1 N–H and O–H groups in total. The first-order valence-electron chi connectivity index (χ1n) is 8.65. The number of likely N-dealkylation sites (tertiary alicyclic amines) is 1. The molecule has 19 heavy (non-hydrogen) atoms. The molecule has 1 aliphatic heterocycles. The van der Waals surface area contributed by atoms with Crippen molar-refractivity contribution in [1.29, 1.82) is 0 Å². The van der Waals surface area contributed by atoms with E-state index in [4.69, 9.17) is 0 Å². The van der Waals surface area contributed by atoms with Crippen LogP contribution in [0.5, 0.6) is 0 Å². The van der Waals surface area contributed by atoms with Crippen LogP contribution in [0.1, 0.15) is 71.1 Å². The molecule has 110 valence electrons. The highest BCUT2D eigenvalue weighted by atomic mass is 16.3. The standard InChI is InChI=1S/C17H31NO/c1-2-14-6-5-11-18(13-14)16-12-15(19)7-10-17(16)8-3-4-9-17/h14-16,19H,2-13H2,1H3. The van der Waals surface area contributed by atoms with Crippen LogP contribution in [-0.4, -0.2) is 35.2 Å². The second-order valence-corrected chi connectivity index (χ2v) is 7.42. The molecule has 0 bridgehead atoms. The van der Waals surface area contributed by atoms with Gasteiger partial charge in [-0.2, -0.15) is 0 Å². The summed E-state index contributed by atoms with van der Waals surface area (Å²) in [6, 6.07) is 0.688. The molecule has 0 aromatic rings. The van der Waals surface area contributed by atoms with Crippen molar-refractivity contribution in [1.82, 2.24) is 4.90 Å². The zero-order valence-corrected chi connectivity index (χ0v) is 12.6. The molecule has 2 heteroatoms. The van der Waals surface area contributed by atoms with Crippen LogP contribution >= 0.6 is 0 Å². The molecule has 2 nitrogen and oxygen atoms in total. The van der Waals surface area contributed by atoms with E-state index >= 15 is 0 Å². The van der Waals surface area contributed by atoms with Crippen molar-refractivity contribution in [3.05, 3.63) is 0 Å². The quantitative estimate of drug-likeness (QED) is 0.825. The molecule has 2 saturated carbocycles. The minimum absolute atomic E-state index is 0.0294. The molecule has 2 aliphatic carbocycles. The molecule has 0 aromatic heterocycles. The van der Waals surface area contributed by atoms with E-state index in [1.54, 1.807) is 0 Å². The van der Waals surface area contributed by atoms with Crippen molar-refractivity contribution < 1.29 is 5.11 Å². The molecule has 3 unspecified atom stereocenters. The number of aliphatic hydroxyl groups is 1. The number of aliphatic hydroxyl groups excluding tert-OH is 1. The average molecular weight is 265 g/mol. The second-order valence-electron chi connectivity index (χ2n) is 7.42. The van der Waals surface area contributed by atoms with Crippen LogP contribution in [0.4, 0.5) is 0 Å². The van der Waals surface area contributed by atoms with E-state index in [2.05, 4.69) is 11.8 Å². The Morgan fingerprint density at radius 1 is 1.11 bits per heavy atom. The first-order valence-corrected chi connectivity index (χ1v) is 8.65. The summed E-state index contributed by atoms with van der Waals surface area (Å²) in [5.74, 6) is 0.909. The van der Waals surface area contributed by atoms with Crippen LogP contribution in [0.15, 0.2) is 0 Å². The number of piperidine rings is 1. The highest BCUT2D eigenvalue weighted by Crippen LogP contribution is 2.51. The van der Waals surface area contributed by atoms with Gasteiger partial charge in [0.25, 0.3) is 0 Å². The predicted molar refractivity (Wildman–Crippen MR) is 79.1 cm³/mol. The lowest BCUT2D eigenvalue weighted by molar-refractivity contribution is -0.0410. The maximum atomic E-state index is 10.2. The van der Waals surface area contributed by atoms with Gasteiger partial charge in [-0.25, -0.2) is 0 Å². The van der Waals surface area contributed by atoms with Gasteiger partial charge in [-0.1, -0.05) is 26.2 Å². The van der Waals surface area contributed by atoms with Crippen LogP contribution in [0.2, 0.25) is 0 Å². The van der Waals surface area contributed by atoms with Crippen LogP contribution in [0.3, 0.4) is 0 Å². The maximum Gasteiger partial charge on any atom is 0.0555 e. The average Bonchev–Trinajstić information content (AvgIpc) is 2.91. The van der Waals surface area contributed by atoms with E-state index in [1.165, 1.54) is 64.5 Å². The van der Waals surface area contributed by atoms with Gasteiger partial charge in [0.2, 0.25) is 0 Å². The SMILES string of the molecule is CCC1CCCN(C2CC(O)CCC23CCCC3)C1. The predicted octanol–water partition coefficient (Wildman–Crippen LogP) is 3.58. The Morgan fingerprint density at radius 3 is 2.63 bits per heavy atom. The Morgan fingerprint density at radius 2 is 1.89 bits per heavy atom. The molecule has 0 aromatic carbocycles. The van der Waals surface area contributed by atoms with E-state index in [0.29, 0.717) is 11.5 Å². The third-order valence-electron chi connectivity index (χ3n) is 6.35. The fourth-order valence-corrected chi connectivity index (χ4v) is 5.16. The van der Waals surface area contributed by atoms with Gasteiger partial charge in [0, 0.05) is 12.6 Å². The van der Waals surface area contributed by atoms with Gasteiger partial charge in [-0.05, 0) is 62.8 Å². The summed E-state index contributed by atoms with van der Waals surface area (Å²) in [6.45, 7) is 4.93. The molecule has 1 spiro atoms. The van der Waals surface area contributed by atoms with E-state index in [-0.39, 0.29) is 6.10 Å². The number of hydrogen-bond acceptors (Lipinski definition) is 2. The Balaban J connectivity index is 1.74. The summed E-state index contributed by atoms with van der Waals surface area (Å²) < 4.78 is 0. The topological polar surface area (TPSA) is 23.5 Å². The van der Waals surface area contributed by atoms with Gasteiger partial charge < -0.3 is 5.11 Å². The molecule has 3 rings (SSSR count). The van der Waals surface area contributed by atoms with Crippen molar-refractivity contribution in [2.45, 2.75) is 83.3 Å². The Hall–Kier alpha value is -0.0800. The minimum atomic E-state index is -0.0294. The van der Waals surface area contributed by atoms with Crippen LogP contribution in [0.25, 0.3) is 0 Å². The van der Waals surface area contributed by atoms with Crippen LogP contribution < -0.4 is 0 Å². The molecular formula is C17H31NO. The monoisotopic (exact) mass is 265 g/mol. The normalized spacial score (nSPS) is 39.8. The smallest absolute Gasteiger partial charge is 0.0555 e. The minimum Gasteiger partial charge on any atom is -0.393 e. The van der Waals surface area contributed by atoms with Crippen molar-refractivity contribution >= 4 is 0 Å². The lowest BCUT2D eigenvalue weighted by atomic mass is 9.67. The lowest BCUT2D eigenvalue weighted by Crippen LogP contribution is -2.54. The molecule has 3 atom stereocenters. The van der Waals surface area contributed by atoms with E-state index in [9.17, 15) is 5.11 Å². The molecule has 3 fully saturated rings. The van der Waals surface area contributed by atoms with Crippen molar-refractivity contribution in [3.8, 4) is 0 Å². The zero-order chi connectivity index (χ0) is 13.3. The Bertz CT molecular complexity index is 298. The molecule has 1 saturated heterocycles. The third-order valence-corrected chi connectivity index (χ3v) is 6.35. The van der Waals surface area contributed by atoms with Crippen molar-refractivity contribution in [2.24, 2.45) is 11.3 Å². The van der Waals surface area contributed by atoms with Gasteiger partial charge in [0.05, 0.1) is 6.10 Å². The van der Waals surface area contributed by atoms with Crippen molar-refractivity contribution in [2.75, 3.05) is 13.1 Å². The van der Waals surface area contributed by atoms with Crippen LogP contribution in [0, 0.1) is 11.3 Å². The first-order chi connectivity index (χ1) is 9.23. The lowest BCUT2D eigenvalue weighted by Gasteiger charge is -2.51. The first kappa shape index (κ1) is 13.9. The summed E-state index contributed by atoms with van der Waals surface area (Å²) >= 11 is 0. The van der Waals surface area contributed by atoms with Crippen LogP contribution in [-0.2, 0) is 0 Å². The van der Waals surface area contributed by atoms with Gasteiger partial charge >= 0.3 is 0 Å². The van der Waals surface area contributed by atoms with Gasteiger partial charge in [-0.3, -0.25) is 4.90 Å². The summed E-state index contributed by atoms with van der Waals surface area (Å²) in [5.41, 5.74) is 0.578. The fourth-order valence-electron chi connectivity index (χ4n) is 5.16. The number of nitrogens with zero attached hydrogens (tertiary/aromatic N) is 1. The fraction of sp³-hybridized carbons (Fsp3) is 1.00. The number of hydrogen-bond donors (Lipinski definition) is 1. The summed E-state index contributed by atoms with van der Waals surface area (Å²) in [5, 5.41) is 10.2. The van der Waals surface area contributed by atoms with Gasteiger partial charge in [0.15, 0.2) is 0 Å². The summed E-state index contributed by atoms with van der Waals surface area (Å²) in [6.07, 6.45) is 13.2. The Kier molecular flexibility index (Phi) is 4.19. The third kappa shape index (κ3) is 2.71. The molecular weight excluding hydrogens is 234 g/mol. The molecule has 0 radical (unpaired) electrons. The highest BCUT2D eigenvalue weighted by Gasteiger charge is 2.47. The van der Waals surface area contributed by atoms with Gasteiger partial charge in [0.1, 0.15) is 0 Å². The molecule has 0 amide bonds. The zero-order valence-electron chi connectivity index (χ0n) is 12.6. The Labute approximate surface area is 118 Å². The maximum absolute atomic E-state index is 10.2. The van der Waals surface area contributed by atoms with Crippen molar-refractivity contribution in [3.63, 3.8) is 0 Å². The summed E-state index contributed by atoms with van der Waals surface area (Å²) in [4.78, 5) is 2.78. The highest BCUT2D eigenvalue weighted by molar-refractivity contribution is 5.01. The van der Waals surface area contributed by atoms with E-state index in [0.717, 1.165) is 18.8 Å². The van der Waals surface area contributed by atoms with Gasteiger partial charge in [-0.15, -0.1) is 0 Å². The van der Waals surface area contributed by atoms with E-state index < -0.39 is 0 Å².